The fourth-order valence-electron chi connectivity index (χ4n) is 2.23. The zero-order chi connectivity index (χ0) is 12.1. The van der Waals surface area contributed by atoms with Gasteiger partial charge in [-0.1, -0.05) is 6.92 Å². The maximum Gasteiger partial charge on any atom is 0.106 e. The standard InChI is InChI=1S/C12H22N4S/c1-2-3-15-4-6-16(7-5-15)9-11-10-17-12(8-13)14-11/h10H,2-9,13H2,1H3. The summed E-state index contributed by atoms with van der Waals surface area (Å²) < 4.78 is 0. The molecule has 4 nitrogen and oxygen atoms in total. The molecule has 0 aliphatic carbocycles. The summed E-state index contributed by atoms with van der Waals surface area (Å²) in [5.74, 6) is 0. The van der Waals surface area contributed by atoms with Crippen molar-refractivity contribution in [1.29, 1.82) is 0 Å². The van der Waals surface area contributed by atoms with Gasteiger partial charge in [-0.05, 0) is 13.0 Å². The zero-order valence-electron chi connectivity index (χ0n) is 10.6. The number of nitrogens with two attached hydrogens (primary N) is 1. The van der Waals surface area contributed by atoms with E-state index in [1.54, 1.807) is 11.3 Å². The molecule has 2 heterocycles. The van der Waals surface area contributed by atoms with Crippen molar-refractivity contribution in [3.63, 3.8) is 0 Å². The van der Waals surface area contributed by atoms with Crippen LogP contribution in [0.4, 0.5) is 0 Å². The van der Waals surface area contributed by atoms with E-state index in [0.717, 1.165) is 24.6 Å². The Morgan fingerprint density at radius 3 is 2.59 bits per heavy atom. The Morgan fingerprint density at radius 1 is 1.29 bits per heavy atom. The van der Waals surface area contributed by atoms with E-state index in [1.807, 2.05) is 0 Å². The van der Waals surface area contributed by atoms with Crippen LogP contribution in [0.1, 0.15) is 24.0 Å². The van der Waals surface area contributed by atoms with E-state index in [4.69, 9.17) is 5.73 Å². The van der Waals surface area contributed by atoms with Gasteiger partial charge in [-0.15, -0.1) is 11.3 Å². The highest BCUT2D eigenvalue weighted by Crippen LogP contribution is 2.12. The van der Waals surface area contributed by atoms with Gasteiger partial charge < -0.3 is 10.6 Å². The summed E-state index contributed by atoms with van der Waals surface area (Å²) in [7, 11) is 0. The van der Waals surface area contributed by atoms with Crippen molar-refractivity contribution in [3.8, 4) is 0 Å². The maximum atomic E-state index is 5.58. The average Bonchev–Trinajstić information content (AvgIpc) is 2.80. The van der Waals surface area contributed by atoms with Crippen molar-refractivity contribution < 1.29 is 0 Å². The number of thiazole rings is 1. The summed E-state index contributed by atoms with van der Waals surface area (Å²) in [5, 5.41) is 3.19. The topological polar surface area (TPSA) is 45.4 Å². The lowest BCUT2D eigenvalue weighted by Crippen LogP contribution is -2.46. The van der Waals surface area contributed by atoms with Crippen LogP contribution < -0.4 is 5.73 Å². The fraction of sp³-hybridized carbons (Fsp3) is 0.750. The normalized spacial score (nSPS) is 18.7. The van der Waals surface area contributed by atoms with Gasteiger partial charge in [-0.25, -0.2) is 4.98 Å². The van der Waals surface area contributed by atoms with E-state index < -0.39 is 0 Å². The summed E-state index contributed by atoms with van der Waals surface area (Å²) in [5.41, 5.74) is 6.76. The molecule has 1 saturated heterocycles. The van der Waals surface area contributed by atoms with Crippen LogP contribution >= 0.6 is 11.3 Å². The Balaban J connectivity index is 1.77. The van der Waals surface area contributed by atoms with E-state index in [-0.39, 0.29) is 0 Å². The minimum absolute atomic E-state index is 0.564. The molecule has 0 radical (unpaired) electrons. The van der Waals surface area contributed by atoms with Crippen LogP contribution in [0.25, 0.3) is 0 Å². The first-order chi connectivity index (χ1) is 8.31. The summed E-state index contributed by atoms with van der Waals surface area (Å²) in [6.45, 7) is 9.75. The van der Waals surface area contributed by atoms with Crippen molar-refractivity contribution in [2.45, 2.75) is 26.4 Å². The first-order valence-corrected chi connectivity index (χ1v) is 7.28. The molecule has 0 atom stereocenters. The summed E-state index contributed by atoms with van der Waals surface area (Å²) in [6.07, 6.45) is 1.26. The van der Waals surface area contributed by atoms with Crippen LogP contribution in [-0.4, -0.2) is 47.5 Å². The van der Waals surface area contributed by atoms with E-state index in [9.17, 15) is 0 Å². The van der Waals surface area contributed by atoms with Gasteiger partial charge in [-0.3, -0.25) is 4.90 Å². The summed E-state index contributed by atoms with van der Waals surface area (Å²) >= 11 is 1.67. The van der Waals surface area contributed by atoms with Crippen LogP contribution in [0, 0.1) is 0 Å². The van der Waals surface area contributed by atoms with Crippen LogP contribution in [0.15, 0.2) is 5.38 Å². The molecule has 2 N–H and O–H groups in total. The summed E-state index contributed by atoms with van der Waals surface area (Å²) in [6, 6.07) is 0. The van der Waals surface area contributed by atoms with E-state index in [0.29, 0.717) is 6.54 Å². The second kappa shape index (κ2) is 6.44. The van der Waals surface area contributed by atoms with Crippen LogP contribution in [0.5, 0.6) is 0 Å². The number of aromatic nitrogens is 1. The Bertz CT molecular complexity index is 331. The molecule has 0 bridgehead atoms. The first-order valence-electron chi connectivity index (χ1n) is 6.40. The molecule has 0 amide bonds. The highest BCUT2D eigenvalue weighted by Gasteiger charge is 2.16. The minimum atomic E-state index is 0.564. The Kier molecular flexibility index (Phi) is 4.91. The number of hydrogen-bond donors (Lipinski definition) is 1. The summed E-state index contributed by atoms with van der Waals surface area (Å²) in [4.78, 5) is 9.55. The van der Waals surface area contributed by atoms with Gasteiger partial charge >= 0.3 is 0 Å². The van der Waals surface area contributed by atoms with E-state index in [1.165, 1.54) is 31.7 Å². The average molecular weight is 254 g/mol. The SMILES string of the molecule is CCCN1CCN(Cc2csc(CN)n2)CC1. The lowest BCUT2D eigenvalue weighted by Gasteiger charge is -2.34. The molecule has 0 spiro atoms. The number of piperazine rings is 1. The predicted molar refractivity (Wildman–Crippen MR) is 72.0 cm³/mol. The Morgan fingerprint density at radius 2 is 2.00 bits per heavy atom. The highest BCUT2D eigenvalue weighted by atomic mass is 32.1. The van der Waals surface area contributed by atoms with Gasteiger partial charge in [0.2, 0.25) is 0 Å². The van der Waals surface area contributed by atoms with Gasteiger partial charge in [0.1, 0.15) is 5.01 Å². The second-order valence-corrected chi connectivity index (χ2v) is 5.50. The first kappa shape index (κ1) is 13.0. The zero-order valence-corrected chi connectivity index (χ0v) is 11.4. The van der Waals surface area contributed by atoms with Gasteiger partial charge in [0.25, 0.3) is 0 Å². The largest absolute Gasteiger partial charge is 0.325 e. The van der Waals surface area contributed by atoms with Crippen LogP contribution in [-0.2, 0) is 13.1 Å². The van der Waals surface area contributed by atoms with Crippen molar-refractivity contribution in [1.82, 2.24) is 14.8 Å². The van der Waals surface area contributed by atoms with Crippen molar-refractivity contribution in [2.75, 3.05) is 32.7 Å². The minimum Gasteiger partial charge on any atom is -0.325 e. The molecule has 2 rings (SSSR count). The number of hydrogen-bond acceptors (Lipinski definition) is 5. The molecule has 1 aromatic heterocycles. The van der Waals surface area contributed by atoms with Crippen LogP contribution in [0.3, 0.4) is 0 Å². The third-order valence-electron chi connectivity index (χ3n) is 3.16. The van der Waals surface area contributed by atoms with E-state index in [2.05, 4.69) is 27.1 Å². The molecular weight excluding hydrogens is 232 g/mol. The molecule has 96 valence electrons. The molecule has 0 saturated carbocycles. The number of nitrogens with zero attached hydrogens (tertiary/aromatic N) is 3. The van der Waals surface area contributed by atoms with Gasteiger partial charge in [-0.2, -0.15) is 0 Å². The molecule has 0 unspecified atom stereocenters. The van der Waals surface area contributed by atoms with Crippen molar-refractivity contribution in [3.05, 3.63) is 16.1 Å². The van der Waals surface area contributed by atoms with Gasteiger partial charge in [0.15, 0.2) is 0 Å². The smallest absolute Gasteiger partial charge is 0.106 e. The monoisotopic (exact) mass is 254 g/mol. The lowest BCUT2D eigenvalue weighted by atomic mass is 10.3. The van der Waals surface area contributed by atoms with Crippen molar-refractivity contribution >= 4 is 11.3 Å². The third kappa shape index (κ3) is 3.74. The second-order valence-electron chi connectivity index (χ2n) is 4.55. The Hall–Kier alpha value is -0.490. The van der Waals surface area contributed by atoms with E-state index >= 15 is 0 Å². The molecule has 0 aromatic carbocycles. The highest BCUT2D eigenvalue weighted by molar-refractivity contribution is 7.09. The molecular formula is C12H22N4S. The number of rotatable bonds is 5. The molecule has 17 heavy (non-hydrogen) atoms. The fourth-order valence-corrected chi connectivity index (χ4v) is 2.90. The third-order valence-corrected chi connectivity index (χ3v) is 4.08. The maximum absolute atomic E-state index is 5.58. The van der Waals surface area contributed by atoms with Crippen molar-refractivity contribution in [2.24, 2.45) is 5.73 Å². The lowest BCUT2D eigenvalue weighted by molar-refractivity contribution is 0.126. The predicted octanol–water partition coefficient (Wildman–Crippen LogP) is 1.13. The van der Waals surface area contributed by atoms with Gasteiger partial charge in [0, 0.05) is 44.6 Å². The molecule has 1 aliphatic heterocycles. The molecule has 1 aliphatic rings. The quantitative estimate of drug-likeness (QED) is 0.855. The molecule has 5 heteroatoms. The van der Waals surface area contributed by atoms with Crippen LogP contribution in [0.2, 0.25) is 0 Å². The molecule has 1 fully saturated rings. The Labute approximate surface area is 107 Å². The molecule has 1 aromatic rings. The van der Waals surface area contributed by atoms with Gasteiger partial charge in [0.05, 0.1) is 5.69 Å².